The van der Waals surface area contributed by atoms with Crippen molar-refractivity contribution in [1.29, 1.82) is 0 Å². The van der Waals surface area contributed by atoms with Gasteiger partial charge in [0.05, 0.1) is 0 Å². The van der Waals surface area contributed by atoms with Crippen LogP contribution in [0.25, 0.3) is 0 Å². The van der Waals surface area contributed by atoms with Gasteiger partial charge in [-0.1, -0.05) is 26.2 Å². The molecule has 0 unspecified atom stereocenters. The molecule has 0 aliphatic carbocycles. The van der Waals surface area contributed by atoms with Gasteiger partial charge in [0.15, 0.2) is 0 Å². The lowest BCUT2D eigenvalue weighted by Gasteiger charge is -2.04. The van der Waals surface area contributed by atoms with Crippen molar-refractivity contribution in [3.8, 4) is 0 Å². The minimum absolute atomic E-state index is 1.06. The second-order valence-electron chi connectivity index (χ2n) is 4.29. The SMILES string of the molecule is CCCCCNCCCCCn1cccn1. The summed E-state index contributed by atoms with van der Waals surface area (Å²) in [5.41, 5.74) is 0. The monoisotopic (exact) mass is 223 g/mol. The highest BCUT2D eigenvalue weighted by molar-refractivity contribution is 4.77. The van der Waals surface area contributed by atoms with Crippen LogP contribution in [0.5, 0.6) is 0 Å². The maximum absolute atomic E-state index is 4.18. The Balaban J connectivity index is 1.78. The van der Waals surface area contributed by atoms with Crippen LogP contribution >= 0.6 is 0 Å². The Labute approximate surface area is 99.2 Å². The van der Waals surface area contributed by atoms with Gasteiger partial charge in [0.2, 0.25) is 0 Å². The molecule has 1 N–H and O–H groups in total. The average Bonchev–Trinajstić information content (AvgIpc) is 2.80. The van der Waals surface area contributed by atoms with Gasteiger partial charge in [0.1, 0.15) is 0 Å². The molecule has 0 aromatic carbocycles. The van der Waals surface area contributed by atoms with E-state index in [0.717, 1.165) is 6.54 Å². The van der Waals surface area contributed by atoms with Crippen molar-refractivity contribution >= 4 is 0 Å². The van der Waals surface area contributed by atoms with Gasteiger partial charge in [0.25, 0.3) is 0 Å². The maximum atomic E-state index is 4.18. The van der Waals surface area contributed by atoms with Crippen LogP contribution in [-0.4, -0.2) is 22.9 Å². The number of aromatic nitrogens is 2. The molecule has 1 aromatic heterocycles. The first kappa shape index (κ1) is 13.2. The average molecular weight is 223 g/mol. The van der Waals surface area contributed by atoms with Gasteiger partial charge in [-0.2, -0.15) is 5.10 Å². The molecule has 0 aliphatic heterocycles. The third kappa shape index (κ3) is 6.62. The van der Waals surface area contributed by atoms with Crippen LogP contribution in [0.2, 0.25) is 0 Å². The Bertz CT molecular complexity index is 231. The zero-order valence-corrected chi connectivity index (χ0v) is 10.5. The van der Waals surface area contributed by atoms with E-state index < -0.39 is 0 Å². The zero-order chi connectivity index (χ0) is 11.5. The zero-order valence-electron chi connectivity index (χ0n) is 10.5. The van der Waals surface area contributed by atoms with Crippen LogP contribution in [0.1, 0.15) is 45.4 Å². The fraction of sp³-hybridized carbons (Fsp3) is 0.769. The van der Waals surface area contributed by atoms with Crippen LogP contribution in [0.15, 0.2) is 18.5 Å². The van der Waals surface area contributed by atoms with E-state index in [9.17, 15) is 0 Å². The summed E-state index contributed by atoms with van der Waals surface area (Å²) >= 11 is 0. The first-order valence-corrected chi connectivity index (χ1v) is 6.61. The number of nitrogens with one attached hydrogen (secondary N) is 1. The Hall–Kier alpha value is -0.830. The van der Waals surface area contributed by atoms with E-state index in [2.05, 4.69) is 17.3 Å². The molecule has 1 rings (SSSR count). The number of hydrogen-bond acceptors (Lipinski definition) is 2. The summed E-state index contributed by atoms with van der Waals surface area (Å²) in [7, 11) is 0. The largest absolute Gasteiger partial charge is 0.317 e. The minimum Gasteiger partial charge on any atom is -0.317 e. The molecule has 1 aromatic rings. The smallest absolute Gasteiger partial charge is 0.0489 e. The lowest BCUT2D eigenvalue weighted by molar-refractivity contribution is 0.524. The first-order valence-electron chi connectivity index (χ1n) is 6.61. The molecular weight excluding hydrogens is 198 g/mol. The topological polar surface area (TPSA) is 29.9 Å². The van der Waals surface area contributed by atoms with Crippen LogP contribution < -0.4 is 5.32 Å². The van der Waals surface area contributed by atoms with Crippen molar-refractivity contribution in [2.24, 2.45) is 0 Å². The van der Waals surface area contributed by atoms with E-state index in [4.69, 9.17) is 0 Å². The van der Waals surface area contributed by atoms with Crippen LogP contribution in [0.3, 0.4) is 0 Å². The molecule has 0 radical (unpaired) electrons. The predicted molar refractivity (Wildman–Crippen MR) is 68.5 cm³/mol. The van der Waals surface area contributed by atoms with Crippen LogP contribution in [0.4, 0.5) is 0 Å². The van der Waals surface area contributed by atoms with Crippen LogP contribution in [0, 0.1) is 0 Å². The van der Waals surface area contributed by atoms with Gasteiger partial charge >= 0.3 is 0 Å². The summed E-state index contributed by atoms with van der Waals surface area (Å²) in [5.74, 6) is 0. The van der Waals surface area contributed by atoms with E-state index in [0.29, 0.717) is 0 Å². The molecule has 3 heteroatoms. The Morgan fingerprint density at radius 3 is 2.56 bits per heavy atom. The summed E-state index contributed by atoms with van der Waals surface area (Å²) in [5, 5.41) is 7.68. The Morgan fingerprint density at radius 1 is 1.06 bits per heavy atom. The summed E-state index contributed by atoms with van der Waals surface area (Å²) < 4.78 is 2.01. The maximum Gasteiger partial charge on any atom is 0.0489 e. The summed E-state index contributed by atoms with van der Waals surface area (Å²) in [6, 6.07) is 1.98. The van der Waals surface area contributed by atoms with E-state index in [1.165, 1.54) is 51.6 Å². The first-order chi connectivity index (χ1) is 7.93. The van der Waals surface area contributed by atoms with E-state index in [1.807, 2.05) is 23.1 Å². The molecule has 92 valence electrons. The Kier molecular flexibility index (Phi) is 7.78. The third-order valence-electron chi connectivity index (χ3n) is 2.76. The fourth-order valence-electron chi connectivity index (χ4n) is 1.76. The van der Waals surface area contributed by atoms with Crippen molar-refractivity contribution in [2.75, 3.05) is 13.1 Å². The molecule has 0 saturated heterocycles. The van der Waals surface area contributed by atoms with Gasteiger partial charge in [0, 0.05) is 18.9 Å². The number of nitrogens with zero attached hydrogens (tertiary/aromatic N) is 2. The second kappa shape index (κ2) is 9.40. The van der Waals surface area contributed by atoms with Gasteiger partial charge in [-0.25, -0.2) is 0 Å². The lowest BCUT2D eigenvalue weighted by Crippen LogP contribution is -2.16. The number of hydrogen-bond donors (Lipinski definition) is 1. The molecule has 0 saturated carbocycles. The number of aryl methyl sites for hydroxylation is 1. The predicted octanol–water partition coefficient (Wildman–Crippen LogP) is 2.83. The molecule has 0 atom stereocenters. The van der Waals surface area contributed by atoms with E-state index in [-0.39, 0.29) is 0 Å². The highest BCUT2D eigenvalue weighted by atomic mass is 15.3. The molecule has 3 nitrogen and oxygen atoms in total. The third-order valence-corrected chi connectivity index (χ3v) is 2.76. The van der Waals surface area contributed by atoms with Crippen molar-refractivity contribution in [3.63, 3.8) is 0 Å². The lowest BCUT2D eigenvalue weighted by atomic mass is 10.2. The molecule has 16 heavy (non-hydrogen) atoms. The van der Waals surface area contributed by atoms with Crippen molar-refractivity contribution < 1.29 is 0 Å². The molecule has 0 bridgehead atoms. The molecule has 0 aliphatic rings. The van der Waals surface area contributed by atoms with Crippen molar-refractivity contribution in [2.45, 2.75) is 52.0 Å². The molecular formula is C13H25N3. The molecule has 0 fully saturated rings. The van der Waals surface area contributed by atoms with Crippen molar-refractivity contribution in [3.05, 3.63) is 18.5 Å². The summed E-state index contributed by atoms with van der Waals surface area (Å²) in [6.45, 7) is 5.66. The standard InChI is InChI=1S/C13H25N3/c1-2-3-5-9-14-10-6-4-7-12-16-13-8-11-15-16/h8,11,13-14H,2-7,9-10,12H2,1H3. The summed E-state index contributed by atoms with van der Waals surface area (Å²) in [4.78, 5) is 0. The molecule has 0 spiro atoms. The van der Waals surface area contributed by atoms with Crippen molar-refractivity contribution in [1.82, 2.24) is 15.1 Å². The molecule has 1 heterocycles. The van der Waals surface area contributed by atoms with Gasteiger partial charge in [-0.05, 0) is 38.4 Å². The van der Waals surface area contributed by atoms with Gasteiger partial charge in [-0.3, -0.25) is 4.68 Å². The quantitative estimate of drug-likeness (QED) is 0.618. The van der Waals surface area contributed by atoms with E-state index >= 15 is 0 Å². The van der Waals surface area contributed by atoms with Gasteiger partial charge in [-0.15, -0.1) is 0 Å². The highest BCUT2D eigenvalue weighted by Crippen LogP contribution is 1.98. The number of unbranched alkanes of at least 4 members (excludes halogenated alkanes) is 4. The van der Waals surface area contributed by atoms with E-state index in [1.54, 1.807) is 0 Å². The normalized spacial score (nSPS) is 10.8. The Morgan fingerprint density at radius 2 is 1.88 bits per heavy atom. The van der Waals surface area contributed by atoms with Gasteiger partial charge < -0.3 is 5.32 Å². The van der Waals surface area contributed by atoms with Crippen LogP contribution in [-0.2, 0) is 6.54 Å². The molecule has 0 amide bonds. The summed E-state index contributed by atoms with van der Waals surface area (Å²) in [6.07, 6.45) is 11.7. The second-order valence-corrected chi connectivity index (χ2v) is 4.29. The fourth-order valence-corrected chi connectivity index (χ4v) is 1.76. The highest BCUT2D eigenvalue weighted by Gasteiger charge is 1.92. The number of rotatable bonds is 10. The minimum atomic E-state index is 1.06.